The standard InChI is InChI=1S/C17H23N5O3S.ClH/c1-13(20-26(24,25)14-6-4-3-5-7-14)17(23)22-11-8-18-12-15(22)16-19-9-10-21(16)2;/h3-7,9-10,13,15,18,20H,8,11-12H2,1-2H3;1H. The van der Waals surface area contributed by atoms with Gasteiger partial charge in [-0.1, -0.05) is 18.2 Å². The predicted molar refractivity (Wildman–Crippen MR) is 104 cm³/mol. The molecule has 1 amide bonds. The van der Waals surface area contributed by atoms with Crippen LogP contribution in [0.25, 0.3) is 0 Å². The molecule has 1 saturated heterocycles. The maximum Gasteiger partial charge on any atom is 0.241 e. The summed E-state index contributed by atoms with van der Waals surface area (Å²) in [7, 11) is -1.88. The van der Waals surface area contributed by atoms with Crippen LogP contribution < -0.4 is 10.0 Å². The number of benzene rings is 1. The number of aromatic nitrogens is 2. The van der Waals surface area contributed by atoms with Gasteiger partial charge in [0.1, 0.15) is 11.9 Å². The van der Waals surface area contributed by atoms with Crippen molar-refractivity contribution in [3.8, 4) is 0 Å². The van der Waals surface area contributed by atoms with Crippen molar-refractivity contribution in [3.63, 3.8) is 0 Å². The fraction of sp³-hybridized carbons (Fsp3) is 0.412. The van der Waals surface area contributed by atoms with E-state index in [9.17, 15) is 13.2 Å². The molecule has 0 aliphatic carbocycles. The van der Waals surface area contributed by atoms with Gasteiger partial charge in [-0.05, 0) is 19.1 Å². The number of amides is 1. The summed E-state index contributed by atoms with van der Waals surface area (Å²) in [5.74, 6) is 0.502. The van der Waals surface area contributed by atoms with Gasteiger partial charge < -0.3 is 14.8 Å². The number of aryl methyl sites for hydroxylation is 1. The Balaban J connectivity index is 0.00000261. The summed E-state index contributed by atoms with van der Waals surface area (Å²) in [6.45, 7) is 3.30. The van der Waals surface area contributed by atoms with E-state index in [2.05, 4.69) is 15.0 Å². The highest BCUT2D eigenvalue weighted by atomic mass is 35.5. The predicted octanol–water partition coefficient (Wildman–Crippen LogP) is 0.682. The Morgan fingerprint density at radius 1 is 1.33 bits per heavy atom. The molecule has 2 atom stereocenters. The molecule has 1 aliphatic rings. The van der Waals surface area contributed by atoms with Gasteiger partial charge in [0.05, 0.1) is 10.9 Å². The van der Waals surface area contributed by atoms with Gasteiger partial charge in [-0.3, -0.25) is 4.79 Å². The number of nitrogens with zero attached hydrogens (tertiary/aromatic N) is 3. The zero-order valence-electron chi connectivity index (χ0n) is 15.2. The number of halogens is 1. The van der Waals surface area contributed by atoms with E-state index in [0.29, 0.717) is 19.6 Å². The summed E-state index contributed by atoms with van der Waals surface area (Å²) in [6, 6.07) is 6.93. The monoisotopic (exact) mass is 413 g/mol. The van der Waals surface area contributed by atoms with Gasteiger partial charge in [0.15, 0.2) is 0 Å². The first-order valence-electron chi connectivity index (χ1n) is 8.46. The molecule has 0 radical (unpaired) electrons. The summed E-state index contributed by atoms with van der Waals surface area (Å²) in [5.41, 5.74) is 0. The summed E-state index contributed by atoms with van der Waals surface area (Å²) in [6.07, 6.45) is 3.52. The van der Waals surface area contributed by atoms with Crippen molar-refractivity contribution in [2.75, 3.05) is 19.6 Å². The maximum atomic E-state index is 13.0. The molecule has 8 nitrogen and oxygen atoms in total. The molecule has 1 aromatic carbocycles. The van der Waals surface area contributed by atoms with Crippen LogP contribution in [0.4, 0.5) is 0 Å². The molecule has 1 aromatic heterocycles. The van der Waals surface area contributed by atoms with Gasteiger partial charge in [-0.2, -0.15) is 4.72 Å². The van der Waals surface area contributed by atoms with Crippen molar-refractivity contribution in [3.05, 3.63) is 48.5 Å². The van der Waals surface area contributed by atoms with Crippen LogP contribution in [0.1, 0.15) is 18.8 Å². The van der Waals surface area contributed by atoms with Gasteiger partial charge in [0, 0.05) is 39.1 Å². The Kier molecular flexibility index (Phi) is 6.99. The molecule has 0 bridgehead atoms. The molecule has 2 unspecified atom stereocenters. The van der Waals surface area contributed by atoms with E-state index in [4.69, 9.17) is 0 Å². The summed E-state index contributed by atoms with van der Waals surface area (Å²) in [5, 5.41) is 3.26. The number of carbonyl (C=O) groups is 1. The third kappa shape index (κ3) is 4.67. The maximum absolute atomic E-state index is 13.0. The van der Waals surface area contributed by atoms with E-state index >= 15 is 0 Å². The van der Waals surface area contributed by atoms with Crippen molar-refractivity contribution in [1.29, 1.82) is 0 Å². The zero-order valence-corrected chi connectivity index (χ0v) is 16.8. The number of hydrogen-bond acceptors (Lipinski definition) is 5. The number of hydrogen-bond donors (Lipinski definition) is 2. The van der Waals surface area contributed by atoms with E-state index < -0.39 is 16.1 Å². The highest BCUT2D eigenvalue weighted by Crippen LogP contribution is 2.21. The lowest BCUT2D eigenvalue weighted by atomic mass is 10.1. The van der Waals surface area contributed by atoms with Crippen LogP contribution in [0.2, 0.25) is 0 Å². The van der Waals surface area contributed by atoms with Crippen molar-refractivity contribution >= 4 is 28.3 Å². The molecule has 2 N–H and O–H groups in total. The van der Waals surface area contributed by atoms with E-state index in [0.717, 1.165) is 5.82 Å². The van der Waals surface area contributed by atoms with Gasteiger partial charge in [0.2, 0.25) is 15.9 Å². The molecule has 148 valence electrons. The smallest absolute Gasteiger partial charge is 0.241 e. The number of imidazole rings is 1. The number of piperazine rings is 1. The average Bonchev–Trinajstić information content (AvgIpc) is 3.07. The highest BCUT2D eigenvalue weighted by molar-refractivity contribution is 7.89. The summed E-state index contributed by atoms with van der Waals surface area (Å²) >= 11 is 0. The third-order valence-corrected chi connectivity index (χ3v) is 6.00. The molecular weight excluding hydrogens is 390 g/mol. The minimum Gasteiger partial charge on any atom is -0.336 e. The average molecular weight is 414 g/mol. The molecule has 0 spiro atoms. The number of rotatable bonds is 5. The molecule has 27 heavy (non-hydrogen) atoms. The van der Waals surface area contributed by atoms with Crippen molar-refractivity contribution in [2.24, 2.45) is 7.05 Å². The summed E-state index contributed by atoms with van der Waals surface area (Å²) in [4.78, 5) is 19.1. The molecule has 1 aliphatic heterocycles. The molecular formula is C17H24ClN5O3S. The molecule has 2 aromatic rings. The second-order valence-electron chi connectivity index (χ2n) is 6.30. The van der Waals surface area contributed by atoms with Crippen molar-refractivity contribution < 1.29 is 13.2 Å². The number of carbonyl (C=O) groups excluding carboxylic acids is 1. The lowest BCUT2D eigenvalue weighted by Gasteiger charge is -2.37. The second-order valence-corrected chi connectivity index (χ2v) is 8.02. The fourth-order valence-corrected chi connectivity index (χ4v) is 4.31. The molecule has 3 rings (SSSR count). The first-order chi connectivity index (χ1) is 12.4. The molecule has 2 heterocycles. The van der Waals surface area contributed by atoms with Crippen molar-refractivity contribution in [2.45, 2.75) is 23.9 Å². The molecule has 1 fully saturated rings. The van der Waals surface area contributed by atoms with E-state index in [1.165, 1.54) is 12.1 Å². The van der Waals surface area contributed by atoms with Crippen LogP contribution in [0.5, 0.6) is 0 Å². The van der Waals surface area contributed by atoms with Gasteiger partial charge >= 0.3 is 0 Å². The topological polar surface area (TPSA) is 96.3 Å². The SMILES string of the molecule is CC(NS(=O)(=O)c1ccccc1)C(=O)N1CCNCC1c1nccn1C.Cl. The third-order valence-electron chi connectivity index (χ3n) is 4.44. The van der Waals surface area contributed by atoms with Gasteiger partial charge in [-0.25, -0.2) is 13.4 Å². The van der Waals surface area contributed by atoms with E-state index in [-0.39, 0.29) is 29.3 Å². The minimum absolute atomic E-state index is 0. The first kappa shape index (κ1) is 21.4. The Labute approximate surface area is 165 Å². The van der Waals surface area contributed by atoms with Crippen molar-refractivity contribution in [1.82, 2.24) is 24.5 Å². The fourth-order valence-electron chi connectivity index (χ4n) is 3.10. The molecule has 10 heteroatoms. The normalized spacial score (nSPS) is 18.6. The van der Waals surface area contributed by atoms with Crippen LogP contribution >= 0.6 is 12.4 Å². The van der Waals surface area contributed by atoms with Gasteiger partial charge in [0.25, 0.3) is 0 Å². The highest BCUT2D eigenvalue weighted by Gasteiger charge is 2.34. The minimum atomic E-state index is -3.76. The van der Waals surface area contributed by atoms with Gasteiger partial charge in [-0.15, -0.1) is 12.4 Å². The second kappa shape index (κ2) is 8.83. The summed E-state index contributed by atoms with van der Waals surface area (Å²) < 4.78 is 29.3. The van der Waals surface area contributed by atoms with Crippen LogP contribution in [0.3, 0.4) is 0 Å². The Morgan fingerprint density at radius 2 is 2.04 bits per heavy atom. The first-order valence-corrected chi connectivity index (χ1v) is 9.94. The largest absolute Gasteiger partial charge is 0.336 e. The van der Waals surface area contributed by atoms with E-state index in [1.54, 1.807) is 36.2 Å². The van der Waals surface area contributed by atoms with Crippen LogP contribution in [0, 0.1) is 0 Å². The Bertz CT molecular complexity index is 872. The number of sulfonamides is 1. The Morgan fingerprint density at radius 3 is 2.67 bits per heavy atom. The van der Waals surface area contributed by atoms with Crippen LogP contribution in [-0.2, 0) is 21.9 Å². The quantitative estimate of drug-likeness (QED) is 0.751. The molecule has 0 saturated carbocycles. The van der Waals surface area contributed by atoms with E-state index in [1.807, 2.05) is 17.8 Å². The van der Waals surface area contributed by atoms with Crippen LogP contribution in [-0.4, -0.2) is 54.5 Å². The lowest BCUT2D eigenvalue weighted by Crippen LogP contribution is -2.54. The lowest BCUT2D eigenvalue weighted by molar-refractivity contribution is -0.136. The number of nitrogens with one attached hydrogen (secondary N) is 2. The zero-order chi connectivity index (χ0) is 18.7. The Hall–Kier alpha value is -1.94. The van der Waals surface area contributed by atoms with Crippen LogP contribution in [0.15, 0.2) is 47.6 Å².